The summed E-state index contributed by atoms with van der Waals surface area (Å²) in [6.45, 7) is 4.90. The topological polar surface area (TPSA) is 91.0 Å². The summed E-state index contributed by atoms with van der Waals surface area (Å²) in [5.74, 6) is 0.237. The zero-order valence-electron chi connectivity index (χ0n) is 17.5. The second-order valence-corrected chi connectivity index (χ2v) is 8.11. The molecule has 0 unspecified atom stereocenters. The van der Waals surface area contributed by atoms with E-state index in [4.69, 9.17) is 4.74 Å². The van der Waals surface area contributed by atoms with Crippen molar-refractivity contribution in [2.24, 2.45) is 11.8 Å². The van der Waals surface area contributed by atoms with E-state index in [-0.39, 0.29) is 35.8 Å². The fourth-order valence-electron chi connectivity index (χ4n) is 3.91. The highest BCUT2D eigenvalue weighted by Crippen LogP contribution is 2.29. The van der Waals surface area contributed by atoms with Gasteiger partial charge in [-0.1, -0.05) is 0 Å². The Morgan fingerprint density at radius 2 is 1.54 bits per heavy atom. The Hall–Kier alpha value is -1.83. The number of hydrogen-bond donors (Lipinski definition) is 2. The van der Waals surface area contributed by atoms with E-state index in [0.717, 1.165) is 45.1 Å². The Morgan fingerprint density at radius 1 is 0.964 bits per heavy atom. The van der Waals surface area contributed by atoms with Gasteiger partial charge in [0.25, 0.3) is 0 Å². The number of likely N-dealkylation sites (N-methyl/N-ethyl adjacent to an activating group) is 1. The van der Waals surface area contributed by atoms with Crippen molar-refractivity contribution in [2.45, 2.75) is 51.5 Å². The van der Waals surface area contributed by atoms with Crippen LogP contribution in [-0.2, 0) is 14.3 Å². The molecule has 1 heterocycles. The minimum absolute atomic E-state index is 0.00564. The number of rotatable bonds is 7. The molecule has 8 nitrogen and oxygen atoms in total. The average molecular weight is 397 g/mol. The molecule has 0 bridgehead atoms. The Morgan fingerprint density at radius 3 is 2.07 bits per heavy atom. The molecule has 0 radical (unpaired) electrons. The monoisotopic (exact) mass is 396 g/mol. The third kappa shape index (κ3) is 6.96. The van der Waals surface area contributed by atoms with Crippen LogP contribution in [0.5, 0.6) is 0 Å². The molecule has 0 aromatic carbocycles. The van der Waals surface area contributed by atoms with Gasteiger partial charge in [0.15, 0.2) is 0 Å². The molecule has 0 atom stereocenters. The van der Waals surface area contributed by atoms with Gasteiger partial charge in [-0.25, -0.2) is 4.79 Å². The van der Waals surface area contributed by atoms with E-state index in [2.05, 4.69) is 10.6 Å². The summed E-state index contributed by atoms with van der Waals surface area (Å²) in [4.78, 5) is 40.3. The van der Waals surface area contributed by atoms with Crippen LogP contribution in [0.2, 0.25) is 0 Å². The Kier molecular flexibility index (Phi) is 9.02. The van der Waals surface area contributed by atoms with Crippen molar-refractivity contribution in [3.63, 3.8) is 0 Å². The highest BCUT2D eigenvalue weighted by atomic mass is 16.6. The number of amides is 3. The predicted molar refractivity (Wildman–Crippen MR) is 107 cm³/mol. The van der Waals surface area contributed by atoms with E-state index < -0.39 is 0 Å². The Bertz CT molecular complexity index is 524. The molecule has 3 amide bonds. The zero-order chi connectivity index (χ0) is 20.5. The van der Waals surface area contributed by atoms with Crippen molar-refractivity contribution in [1.82, 2.24) is 20.4 Å². The highest BCUT2D eigenvalue weighted by Gasteiger charge is 2.31. The molecule has 2 aliphatic rings. The molecule has 1 saturated carbocycles. The summed E-state index contributed by atoms with van der Waals surface area (Å²) in [5, 5.41) is 6.14. The second-order valence-electron chi connectivity index (χ2n) is 8.11. The van der Waals surface area contributed by atoms with Crippen LogP contribution in [-0.4, -0.2) is 80.6 Å². The SMILES string of the molecule is CCOC(=O)N1CCC(NC(=O)C2CCC(C(=O)NCCN(C)C)CC2)CC1. The van der Waals surface area contributed by atoms with Gasteiger partial charge in [0.05, 0.1) is 6.61 Å². The lowest BCUT2D eigenvalue weighted by Gasteiger charge is -2.33. The zero-order valence-corrected chi connectivity index (χ0v) is 17.5. The van der Waals surface area contributed by atoms with Crippen LogP contribution in [0.25, 0.3) is 0 Å². The van der Waals surface area contributed by atoms with Crippen molar-refractivity contribution >= 4 is 17.9 Å². The van der Waals surface area contributed by atoms with E-state index in [1.54, 1.807) is 11.8 Å². The summed E-state index contributed by atoms with van der Waals surface area (Å²) in [6.07, 6.45) is 4.32. The molecule has 0 aromatic heterocycles. The van der Waals surface area contributed by atoms with Crippen molar-refractivity contribution in [3.8, 4) is 0 Å². The lowest BCUT2D eigenvalue weighted by Crippen LogP contribution is -2.48. The quantitative estimate of drug-likeness (QED) is 0.675. The van der Waals surface area contributed by atoms with Crippen LogP contribution < -0.4 is 10.6 Å². The van der Waals surface area contributed by atoms with Crippen LogP contribution in [0.3, 0.4) is 0 Å². The van der Waals surface area contributed by atoms with Crippen molar-refractivity contribution in [3.05, 3.63) is 0 Å². The lowest BCUT2D eigenvalue weighted by molar-refractivity contribution is -0.131. The van der Waals surface area contributed by atoms with Crippen LogP contribution in [0, 0.1) is 11.8 Å². The number of piperidine rings is 1. The smallest absolute Gasteiger partial charge is 0.409 e. The molecule has 0 spiro atoms. The van der Waals surface area contributed by atoms with Gasteiger partial charge in [0.1, 0.15) is 0 Å². The van der Waals surface area contributed by atoms with Crippen LogP contribution in [0.4, 0.5) is 4.79 Å². The molecular formula is C20H36N4O4. The molecule has 1 saturated heterocycles. The van der Waals surface area contributed by atoms with Crippen molar-refractivity contribution in [2.75, 3.05) is 46.9 Å². The van der Waals surface area contributed by atoms with Gasteiger partial charge in [-0.05, 0) is 59.5 Å². The van der Waals surface area contributed by atoms with Gasteiger partial charge >= 0.3 is 6.09 Å². The third-order valence-electron chi connectivity index (χ3n) is 5.69. The predicted octanol–water partition coefficient (Wildman–Crippen LogP) is 1.21. The minimum Gasteiger partial charge on any atom is -0.450 e. The normalized spacial score (nSPS) is 23.4. The lowest BCUT2D eigenvalue weighted by atomic mass is 9.81. The number of carbonyl (C=O) groups excluding carboxylic acids is 3. The maximum atomic E-state index is 12.6. The summed E-state index contributed by atoms with van der Waals surface area (Å²) in [5.41, 5.74) is 0. The van der Waals surface area contributed by atoms with E-state index in [9.17, 15) is 14.4 Å². The summed E-state index contributed by atoms with van der Waals surface area (Å²) >= 11 is 0. The largest absolute Gasteiger partial charge is 0.450 e. The van der Waals surface area contributed by atoms with Gasteiger partial charge in [0.2, 0.25) is 11.8 Å². The van der Waals surface area contributed by atoms with Gasteiger partial charge in [0, 0.05) is 44.1 Å². The number of likely N-dealkylation sites (tertiary alicyclic amines) is 1. The Balaban J connectivity index is 1.66. The van der Waals surface area contributed by atoms with Gasteiger partial charge in [-0.3, -0.25) is 9.59 Å². The fraction of sp³-hybridized carbons (Fsp3) is 0.850. The molecule has 2 fully saturated rings. The van der Waals surface area contributed by atoms with E-state index in [0.29, 0.717) is 26.2 Å². The van der Waals surface area contributed by atoms with Crippen LogP contribution in [0.15, 0.2) is 0 Å². The minimum atomic E-state index is -0.269. The number of nitrogens with one attached hydrogen (secondary N) is 2. The molecule has 1 aliphatic carbocycles. The standard InChI is InChI=1S/C20H36N4O4/c1-4-28-20(27)24-12-9-17(10-13-24)22-19(26)16-7-5-15(6-8-16)18(25)21-11-14-23(2)3/h15-17H,4-14H2,1-3H3,(H,21,25)(H,22,26). The van der Waals surface area contributed by atoms with E-state index >= 15 is 0 Å². The number of ether oxygens (including phenoxy) is 1. The second kappa shape index (κ2) is 11.2. The maximum absolute atomic E-state index is 12.6. The Labute approximate surface area is 168 Å². The number of hydrogen-bond acceptors (Lipinski definition) is 5. The first-order valence-electron chi connectivity index (χ1n) is 10.5. The van der Waals surface area contributed by atoms with E-state index in [1.807, 2.05) is 19.0 Å². The molecule has 8 heteroatoms. The number of nitrogens with zero attached hydrogens (tertiary/aromatic N) is 2. The number of carbonyl (C=O) groups is 3. The first kappa shape index (κ1) is 22.5. The fourth-order valence-corrected chi connectivity index (χ4v) is 3.91. The summed E-state index contributed by atoms with van der Waals surface area (Å²) < 4.78 is 5.02. The summed E-state index contributed by atoms with van der Waals surface area (Å²) in [6, 6.07) is 0.116. The highest BCUT2D eigenvalue weighted by molar-refractivity contribution is 5.81. The molecule has 0 aromatic rings. The van der Waals surface area contributed by atoms with Gasteiger partial charge < -0.3 is 25.2 Å². The van der Waals surface area contributed by atoms with Gasteiger partial charge in [-0.2, -0.15) is 0 Å². The molecule has 2 rings (SSSR count). The van der Waals surface area contributed by atoms with Gasteiger partial charge in [-0.15, -0.1) is 0 Å². The molecular weight excluding hydrogens is 360 g/mol. The van der Waals surface area contributed by atoms with Crippen molar-refractivity contribution < 1.29 is 19.1 Å². The van der Waals surface area contributed by atoms with Crippen molar-refractivity contribution in [1.29, 1.82) is 0 Å². The molecule has 160 valence electrons. The third-order valence-corrected chi connectivity index (χ3v) is 5.69. The van der Waals surface area contributed by atoms with Crippen LogP contribution in [0.1, 0.15) is 45.4 Å². The summed E-state index contributed by atoms with van der Waals surface area (Å²) in [7, 11) is 3.97. The first-order chi connectivity index (χ1) is 13.4. The molecule has 1 aliphatic heterocycles. The van der Waals surface area contributed by atoms with Crippen LogP contribution >= 0.6 is 0 Å². The molecule has 28 heavy (non-hydrogen) atoms. The van der Waals surface area contributed by atoms with E-state index in [1.165, 1.54) is 0 Å². The average Bonchev–Trinajstić information content (AvgIpc) is 2.68. The first-order valence-corrected chi connectivity index (χ1v) is 10.5. The molecule has 2 N–H and O–H groups in total. The maximum Gasteiger partial charge on any atom is 0.409 e.